The van der Waals surface area contributed by atoms with Crippen LogP contribution >= 0.6 is 11.3 Å². The molecule has 2 aliphatic heterocycles. The molecule has 4 aliphatic rings. The molecule has 1 amide bonds. The number of carbonyl (C=O) groups is 2. The number of aromatic carboxylic acids is 1. The van der Waals surface area contributed by atoms with Crippen molar-refractivity contribution in [2.75, 3.05) is 18.5 Å². The molecule has 2 N–H and O–H groups in total. The molecular formula is C19H23NO5S. The predicted molar refractivity (Wildman–Crippen MR) is 95.5 cm³/mol. The van der Waals surface area contributed by atoms with Gasteiger partial charge in [-0.1, -0.05) is 13.8 Å². The summed E-state index contributed by atoms with van der Waals surface area (Å²) in [6.07, 6.45) is 3.45. The van der Waals surface area contributed by atoms with Crippen molar-refractivity contribution in [1.29, 1.82) is 0 Å². The van der Waals surface area contributed by atoms with Crippen LogP contribution in [0.1, 0.15) is 53.9 Å². The normalized spacial score (nSPS) is 39.8. The molecule has 0 spiro atoms. The zero-order chi connectivity index (χ0) is 18.3. The topological polar surface area (TPSA) is 84.9 Å². The molecule has 1 saturated heterocycles. The van der Waals surface area contributed by atoms with Crippen molar-refractivity contribution in [2.45, 2.75) is 51.7 Å². The first-order valence-corrected chi connectivity index (χ1v) is 10.0. The lowest BCUT2D eigenvalue weighted by molar-refractivity contribution is -0.149. The Balaban J connectivity index is 1.51. The van der Waals surface area contributed by atoms with Crippen molar-refractivity contribution in [1.82, 2.24) is 0 Å². The average Bonchev–Trinajstić information content (AvgIpc) is 3.22. The fourth-order valence-corrected chi connectivity index (χ4v) is 7.18. The van der Waals surface area contributed by atoms with Crippen molar-refractivity contribution in [3.05, 3.63) is 16.0 Å². The van der Waals surface area contributed by atoms with Crippen LogP contribution < -0.4 is 5.32 Å². The third-order valence-electron chi connectivity index (χ3n) is 7.83. The van der Waals surface area contributed by atoms with E-state index in [4.69, 9.17) is 9.47 Å². The van der Waals surface area contributed by atoms with Crippen molar-refractivity contribution in [2.24, 2.45) is 16.7 Å². The summed E-state index contributed by atoms with van der Waals surface area (Å²) < 4.78 is 11.6. The van der Waals surface area contributed by atoms with E-state index in [2.05, 4.69) is 19.2 Å². The number of carboxylic acids is 1. The fourth-order valence-electron chi connectivity index (χ4n) is 6.01. The van der Waals surface area contributed by atoms with Crippen LogP contribution in [0.2, 0.25) is 0 Å². The van der Waals surface area contributed by atoms with Gasteiger partial charge in [0.25, 0.3) is 5.91 Å². The maximum atomic E-state index is 13.4. The van der Waals surface area contributed by atoms with Crippen molar-refractivity contribution >= 4 is 28.2 Å². The van der Waals surface area contributed by atoms with E-state index in [1.54, 1.807) is 0 Å². The van der Waals surface area contributed by atoms with Gasteiger partial charge in [0.05, 0.1) is 25.4 Å². The van der Waals surface area contributed by atoms with E-state index < -0.39 is 11.6 Å². The quantitative estimate of drug-likeness (QED) is 0.846. The van der Waals surface area contributed by atoms with Gasteiger partial charge in [-0.3, -0.25) is 4.79 Å². The van der Waals surface area contributed by atoms with E-state index in [0.29, 0.717) is 37.2 Å². The highest BCUT2D eigenvalue weighted by atomic mass is 32.1. The van der Waals surface area contributed by atoms with Crippen LogP contribution in [-0.2, 0) is 27.3 Å². The molecule has 2 saturated carbocycles. The van der Waals surface area contributed by atoms with Crippen molar-refractivity contribution in [3.63, 3.8) is 0 Å². The zero-order valence-corrected chi connectivity index (χ0v) is 15.8. The molecule has 4 bridgehead atoms. The second kappa shape index (κ2) is 5.09. The van der Waals surface area contributed by atoms with Gasteiger partial charge in [0.2, 0.25) is 0 Å². The third kappa shape index (κ3) is 1.74. The standard InChI is InChI=1S/C19H23NO5S/c1-17-9-25-19(7-10(17)3-5-18(17,19)2)16(23)20-14-13(15(21)22)11-4-6-24-8-12(11)26-14/h10H,3-9H2,1-2H3,(H,20,23)(H,21,22)/t10-,17-,18+,19-/m0/s1. The summed E-state index contributed by atoms with van der Waals surface area (Å²) in [6, 6.07) is 0. The third-order valence-corrected chi connectivity index (χ3v) is 8.95. The van der Waals surface area contributed by atoms with E-state index in [0.717, 1.165) is 29.7 Å². The summed E-state index contributed by atoms with van der Waals surface area (Å²) in [6.45, 7) is 5.97. The molecule has 140 valence electrons. The fraction of sp³-hybridized carbons (Fsp3) is 0.684. The Hall–Kier alpha value is -1.44. The molecule has 0 radical (unpaired) electrons. The van der Waals surface area contributed by atoms with Gasteiger partial charge >= 0.3 is 5.97 Å². The number of thiophene rings is 1. The SMILES string of the molecule is C[C@]12CC[C@H]3C[C@@]1(C(=O)Nc1sc4c(c1C(=O)O)CCOC4)OC[C@@]32C. The predicted octanol–water partition coefficient (Wildman–Crippen LogP) is 3.05. The maximum absolute atomic E-state index is 13.4. The Kier molecular flexibility index (Phi) is 3.27. The monoisotopic (exact) mass is 377 g/mol. The average molecular weight is 377 g/mol. The van der Waals surface area contributed by atoms with E-state index in [1.165, 1.54) is 11.3 Å². The highest BCUT2D eigenvalue weighted by Crippen LogP contribution is 2.75. The summed E-state index contributed by atoms with van der Waals surface area (Å²) in [5.41, 5.74) is 0.0622. The number of nitrogens with one attached hydrogen (secondary N) is 1. The number of anilines is 1. The number of ether oxygens (including phenoxy) is 2. The first-order valence-electron chi connectivity index (χ1n) is 9.23. The summed E-state index contributed by atoms with van der Waals surface area (Å²) >= 11 is 1.32. The van der Waals surface area contributed by atoms with Crippen molar-refractivity contribution in [3.8, 4) is 0 Å². The Morgan fingerprint density at radius 2 is 2.15 bits per heavy atom. The van der Waals surface area contributed by atoms with Crippen LogP contribution in [0.15, 0.2) is 0 Å². The molecule has 0 aromatic carbocycles. The minimum absolute atomic E-state index is 0.0441. The van der Waals surface area contributed by atoms with Crippen LogP contribution in [0.5, 0.6) is 0 Å². The van der Waals surface area contributed by atoms with Gasteiger partial charge in [0.15, 0.2) is 5.60 Å². The first kappa shape index (κ1) is 16.7. The first-order chi connectivity index (χ1) is 12.3. The van der Waals surface area contributed by atoms with Crippen molar-refractivity contribution < 1.29 is 24.2 Å². The molecule has 1 aromatic rings. The van der Waals surface area contributed by atoms with Gasteiger partial charge in [-0.2, -0.15) is 0 Å². The maximum Gasteiger partial charge on any atom is 0.339 e. The second-order valence-corrected chi connectivity index (χ2v) is 9.68. The lowest BCUT2D eigenvalue weighted by Crippen LogP contribution is -2.52. The molecular weight excluding hydrogens is 354 g/mol. The lowest BCUT2D eigenvalue weighted by atomic mass is 9.66. The van der Waals surface area contributed by atoms with Gasteiger partial charge < -0.3 is 19.9 Å². The summed E-state index contributed by atoms with van der Waals surface area (Å²) in [7, 11) is 0. The Morgan fingerprint density at radius 3 is 2.85 bits per heavy atom. The van der Waals surface area contributed by atoms with Crippen LogP contribution in [0.3, 0.4) is 0 Å². The number of hydrogen-bond donors (Lipinski definition) is 2. The van der Waals surface area contributed by atoms with Crippen LogP contribution in [0.25, 0.3) is 0 Å². The largest absolute Gasteiger partial charge is 0.478 e. The van der Waals surface area contributed by atoms with E-state index in [-0.39, 0.29) is 22.3 Å². The van der Waals surface area contributed by atoms with Gasteiger partial charge in [-0.05, 0) is 37.2 Å². The van der Waals surface area contributed by atoms with Gasteiger partial charge in [0, 0.05) is 15.7 Å². The Labute approximate surface area is 155 Å². The molecule has 26 heavy (non-hydrogen) atoms. The molecule has 5 rings (SSSR count). The van der Waals surface area contributed by atoms with E-state index in [9.17, 15) is 14.7 Å². The van der Waals surface area contributed by atoms with Crippen LogP contribution in [0.4, 0.5) is 5.00 Å². The smallest absolute Gasteiger partial charge is 0.339 e. The minimum Gasteiger partial charge on any atom is -0.478 e. The summed E-state index contributed by atoms with van der Waals surface area (Å²) in [4.78, 5) is 26.1. The molecule has 1 aromatic heterocycles. The number of fused-ring (bicyclic) bond motifs is 1. The lowest BCUT2D eigenvalue weighted by Gasteiger charge is -2.39. The van der Waals surface area contributed by atoms with Gasteiger partial charge in [-0.25, -0.2) is 4.79 Å². The molecule has 3 heterocycles. The Morgan fingerprint density at radius 1 is 1.35 bits per heavy atom. The zero-order valence-electron chi connectivity index (χ0n) is 15.0. The highest BCUT2D eigenvalue weighted by Gasteiger charge is 2.78. The summed E-state index contributed by atoms with van der Waals surface area (Å²) in [5.74, 6) is -0.655. The summed E-state index contributed by atoms with van der Waals surface area (Å²) in [5, 5.41) is 13.1. The van der Waals surface area contributed by atoms with Crippen LogP contribution in [0, 0.1) is 16.7 Å². The molecule has 7 heteroatoms. The molecule has 2 aliphatic carbocycles. The minimum atomic E-state index is -0.992. The molecule has 6 nitrogen and oxygen atoms in total. The number of carbonyl (C=O) groups excluding carboxylic acids is 1. The van der Waals surface area contributed by atoms with E-state index >= 15 is 0 Å². The van der Waals surface area contributed by atoms with Crippen LogP contribution in [-0.4, -0.2) is 35.8 Å². The molecule has 0 unspecified atom stereocenters. The van der Waals surface area contributed by atoms with Gasteiger partial charge in [0.1, 0.15) is 5.00 Å². The molecule has 3 fully saturated rings. The number of amides is 1. The highest BCUT2D eigenvalue weighted by molar-refractivity contribution is 7.17. The number of hydrogen-bond acceptors (Lipinski definition) is 5. The molecule has 4 atom stereocenters. The number of carboxylic acid groups (broad SMARTS) is 1. The van der Waals surface area contributed by atoms with E-state index in [1.807, 2.05) is 0 Å². The van der Waals surface area contributed by atoms with Gasteiger partial charge in [-0.15, -0.1) is 11.3 Å². The number of rotatable bonds is 3. The Bertz CT molecular complexity index is 834. The second-order valence-electron chi connectivity index (χ2n) is 8.57.